The number of hydrogen-bond donors (Lipinski definition) is 1. The lowest BCUT2D eigenvalue weighted by Gasteiger charge is -2.16. The molecule has 0 spiro atoms. The maximum absolute atomic E-state index is 6.05. The standard InChI is InChI=1S/C15H24N2O2/c1-12-9-17(11-15(12)16)10-13-4-3-5-14(8-13)19-7-6-18-2/h3-5,8,12,15H,6-7,9-11,16H2,1-2H3. The van der Waals surface area contributed by atoms with Gasteiger partial charge in [0.25, 0.3) is 0 Å². The first-order valence-corrected chi connectivity index (χ1v) is 6.87. The van der Waals surface area contributed by atoms with E-state index in [1.54, 1.807) is 7.11 Å². The first kappa shape index (κ1) is 14.3. The molecule has 106 valence electrons. The highest BCUT2D eigenvalue weighted by molar-refractivity contribution is 5.28. The Hall–Kier alpha value is -1.10. The second kappa shape index (κ2) is 6.89. The van der Waals surface area contributed by atoms with Crippen LogP contribution in [0.1, 0.15) is 12.5 Å². The fraction of sp³-hybridized carbons (Fsp3) is 0.600. The quantitative estimate of drug-likeness (QED) is 0.791. The Bertz CT molecular complexity index is 387. The van der Waals surface area contributed by atoms with Crippen LogP contribution in [0.4, 0.5) is 0 Å². The molecule has 1 saturated heterocycles. The Morgan fingerprint density at radius 2 is 2.16 bits per heavy atom. The molecular weight excluding hydrogens is 240 g/mol. The zero-order chi connectivity index (χ0) is 13.7. The highest BCUT2D eigenvalue weighted by atomic mass is 16.5. The number of benzene rings is 1. The topological polar surface area (TPSA) is 47.7 Å². The van der Waals surface area contributed by atoms with Gasteiger partial charge in [0, 0.05) is 32.8 Å². The largest absolute Gasteiger partial charge is 0.491 e. The van der Waals surface area contributed by atoms with E-state index < -0.39 is 0 Å². The summed E-state index contributed by atoms with van der Waals surface area (Å²) in [5.74, 6) is 1.49. The summed E-state index contributed by atoms with van der Waals surface area (Å²) in [6.45, 7) is 6.43. The van der Waals surface area contributed by atoms with Crippen LogP contribution in [0.15, 0.2) is 24.3 Å². The van der Waals surface area contributed by atoms with Gasteiger partial charge in [-0.3, -0.25) is 4.90 Å². The lowest BCUT2D eigenvalue weighted by atomic mass is 10.1. The highest BCUT2D eigenvalue weighted by Crippen LogP contribution is 2.19. The van der Waals surface area contributed by atoms with Gasteiger partial charge < -0.3 is 15.2 Å². The molecule has 0 amide bonds. The Kier molecular flexibility index (Phi) is 5.19. The second-order valence-electron chi connectivity index (χ2n) is 5.32. The van der Waals surface area contributed by atoms with E-state index in [9.17, 15) is 0 Å². The van der Waals surface area contributed by atoms with Crippen molar-refractivity contribution in [2.45, 2.75) is 19.5 Å². The number of nitrogens with zero attached hydrogens (tertiary/aromatic N) is 1. The van der Waals surface area contributed by atoms with Crippen molar-refractivity contribution >= 4 is 0 Å². The molecule has 1 aliphatic heterocycles. The van der Waals surface area contributed by atoms with Gasteiger partial charge in [0.2, 0.25) is 0 Å². The predicted molar refractivity (Wildman–Crippen MR) is 76.2 cm³/mol. The van der Waals surface area contributed by atoms with Crippen molar-refractivity contribution in [1.29, 1.82) is 0 Å². The van der Waals surface area contributed by atoms with Crippen molar-refractivity contribution in [3.05, 3.63) is 29.8 Å². The normalized spacial score (nSPS) is 23.7. The minimum atomic E-state index is 0.307. The number of ether oxygens (including phenoxy) is 2. The molecule has 4 heteroatoms. The first-order chi connectivity index (χ1) is 9.19. The van der Waals surface area contributed by atoms with Gasteiger partial charge in [0.1, 0.15) is 12.4 Å². The van der Waals surface area contributed by atoms with Gasteiger partial charge in [-0.05, 0) is 23.6 Å². The second-order valence-corrected chi connectivity index (χ2v) is 5.32. The molecule has 2 atom stereocenters. The Balaban J connectivity index is 1.88. The van der Waals surface area contributed by atoms with E-state index in [0.717, 1.165) is 25.4 Å². The Labute approximate surface area is 115 Å². The summed E-state index contributed by atoms with van der Waals surface area (Å²) < 4.78 is 10.6. The van der Waals surface area contributed by atoms with Crippen LogP contribution >= 0.6 is 0 Å². The smallest absolute Gasteiger partial charge is 0.119 e. The van der Waals surface area contributed by atoms with Crippen LogP contribution in [0.3, 0.4) is 0 Å². The molecule has 2 N–H and O–H groups in total. The molecule has 1 fully saturated rings. The van der Waals surface area contributed by atoms with Gasteiger partial charge in [-0.1, -0.05) is 19.1 Å². The summed E-state index contributed by atoms with van der Waals surface area (Å²) in [7, 11) is 1.68. The van der Waals surface area contributed by atoms with E-state index in [4.69, 9.17) is 15.2 Å². The molecule has 0 saturated carbocycles. The van der Waals surface area contributed by atoms with E-state index in [2.05, 4.69) is 24.0 Å². The van der Waals surface area contributed by atoms with Crippen LogP contribution in [0.2, 0.25) is 0 Å². The Morgan fingerprint density at radius 3 is 2.84 bits per heavy atom. The van der Waals surface area contributed by atoms with Crippen molar-refractivity contribution in [3.63, 3.8) is 0 Å². The van der Waals surface area contributed by atoms with E-state index >= 15 is 0 Å². The molecule has 1 aliphatic rings. The van der Waals surface area contributed by atoms with Gasteiger partial charge in [0.05, 0.1) is 6.61 Å². The lowest BCUT2D eigenvalue weighted by molar-refractivity contribution is 0.146. The SMILES string of the molecule is COCCOc1cccc(CN2CC(C)C(N)C2)c1. The fourth-order valence-electron chi connectivity index (χ4n) is 2.46. The molecule has 2 unspecified atom stereocenters. The molecule has 0 aliphatic carbocycles. The maximum atomic E-state index is 6.05. The van der Waals surface area contributed by atoms with Crippen LogP contribution in [0.25, 0.3) is 0 Å². The van der Waals surface area contributed by atoms with E-state index in [0.29, 0.717) is 25.2 Å². The third-order valence-corrected chi connectivity index (χ3v) is 3.61. The minimum absolute atomic E-state index is 0.307. The molecule has 2 rings (SSSR count). The average Bonchev–Trinajstić information content (AvgIpc) is 2.69. The zero-order valence-electron chi connectivity index (χ0n) is 11.8. The van der Waals surface area contributed by atoms with Crippen LogP contribution in [-0.4, -0.2) is 44.4 Å². The van der Waals surface area contributed by atoms with Gasteiger partial charge in [-0.25, -0.2) is 0 Å². The number of rotatable bonds is 6. The maximum Gasteiger partial charge on any atom is 0.119 e. The lowest BCUT2D eigenvalue weighted by Crippen LogP contribution is -2.28. The van der Waals surface area contributed by atoms with Gasteiger partial charge in [0.15, 0.2) is 0 Å². The summed E-state index contributed by atoms with van der Waals surface area (Å²) in [4.78, 5) is 2.41. The predicted octanol–water partition coefficient (Wildman–Crippen LogP) is 1.49. The van der Waals surface area contributed by atoms with Crippen LogP contribution < -0.4 is 10.5 Å². The number of likely N-dealkylation sites (tertiary alicyclic amines) is 1. The fourth-order valence-corrected chi connectivity index (χ4v) is 2.46. The summed E-state index contributed by atoms with van der Waals surface area (Å²) >= 11 is 0. The molecule has 0 radical (unpaired) electrons. The van der Waals surface area contributed by atoms with Crippen molar-refractivity contribution in [3.8, 4) is 5.75 Å². The molecule has 1 aromatic carbocycles. The number of nitrogens with two attached hydrogens (primary N) is 1. The monoisotopic (exact) mass is 264 g/mol. The van der Waals surface area contributed by atoms with Crippen molar-refractivity contribution in [2.75, 3.05) is 33.4 Å². The Morgan fingerprint density at radius 1 is 1.32 bits per heavy atom. The third-order valence-electron chi connectivity index (χ3n) is 3.61. The summed E-state index contributed by atoms with van der Waals surface area (Å²) in [6, 6.07) is 8.57. The molecule has 4 nitrogen and oxygen atoms in total. The number of methoxy groups -OCH3 is 1. The van der Waals surface area contributed by atoms with Crippen LogP contribution in [0.5, 0.6) is 5.75 Å². The molecule has 1 heterocycles. The summed E-state index contributed by atoms with van der Waals surface area (Å²) in [5, 5.41) is 0. The molecule has 1 aromatic rings. The van der Waals surface area contributed by atoms with E-state index in [1.807, 2.05) is 12.1 Å². The van der Waals surface area contributed by atoms with Crippen LogP contribution in [0, 0.1) is 5.92 Å². The zero-order valence-corrected chi connectivity index (χ0v) is 11.8. The van der Waals surface area contributed by atoms with E-state index in [1.165, 1.54) is 5.56 Å². The summed E-state index contributed by atoms with van der Waals surface area (Å²) in [6.07, 6.45) is 0. The minimum Gasteiger partial charge on any atom is -0.491 e. The molecular formula is C15H24N2O2. The van der Waals surface area contributed by atoms with Gasteiger partial charge in [-0.15, -0.1) is 0 Å². The summed E-state index contributed by atoms with van der Waals surface area (Å²) in [5.41, 5.74) is 7.33. The van der Waals surface area contributed by atoms with Crippen molar-refractivity contribution in [2.24, 2.45) is 11.7 Å². The third kappa shape index (κ3) is 4.20. The molecule has 19 heavy (non-hydrogen) atoms. The first-order valence-electron chi connectivity index (χ1n) is 6.87. The number of hydrogen-bond acceptors (Lipinski definition) is 4. The van der Waals surface area contributed by atoms with Crippen molar-refractivity contribution < 1.29 is 9.47 Å². The molecule has 0 aromatic heterocycles. The van der Waals surface area contributed by atoms with Crippen LogP contribution in [-0.2, 0) is 11.3 Å². The molecule has 0 bridgehead atoms. The highest BCUT2D eigenvalue weighted by Gasteiger charge is 2.26. The van der Waals surface area contributed by atoms with Gasteiger partial charge >= 0.3 is 0 Å². The van der Waals surface area contributed by atoms with E-state index in [-0.39, 0.29) is 0 Å². The average molecular weight is 264 g/mol. The van der Waals surface area contributed by atoms with Crippen molar-refractivity contribution in [1.82, 2.24) is 4.90 Å². The van der Waals surface area contributed by atoms with Gasteiger partial charge in [-0.2, -0.15) is 0 Å².